The largest absolute Gasteiger partial charge is 0.492 e. The highest BCUT2D eigenvalue weighted by Crippen LogP contribution is 2.44. The number of hydrogen-bond donors (Lipinski definition) is 1. The number of hydrogen-bond acceptors (Lipinski definition) is 2. The first kappa shape index (κ1) is 9.89. The van der Waals surface area contributed by atoms with E-state index in [9.17, 15) is 13.6 Å². The number of fused-ring (bicyclic) bond motifs is 1. The van der Waals surface area contributed by atoms with Gasteiger partial charge in [0, 0.05) is 0 Å². The highest BCUT2D eigenvalue weighted by atomic mass is 19.3. The summed E-state index contributed by atoms with van der Waals surface area (Å²) < 4.78 is 31.7. The molecule has 0 aliphatic carbocycles. The van der Waals surface area contributed by atoms with Gasteiger partial charge in [-0.2, -0.15) is 8.78 Å². The molecule has 0 unspecified atom stereocenters. The van der Waals surface area contributed by atoms with E-state index in [1.165, 1.54) is 12.1 Å². The van der Waals surface area contributed by atoms with Crippen LogP contribution in [0.25, 0.3) is 0 Å². The molecule has 0 saturated carbocycles. The Bertz CT molecular complexity index is 418. The van der Waals surface area contributed by atoms with Crippen LogP contribution in [0.5, 0.6) is 5.75 Å². The van der Waals surface area contributed by atoms with Gasteiger partial charge >= 0.3 is 5.92 Å². The van der Waals surface area contributed by atoms with Crippen LogP contribution in [-0.2, 0) is 10.7 Å². The van der Waals surface area contributed by atoms with Crippen LogP contribution in [0.3, 0.4) is 0 Å². The summed E-state index contributed by atoms with van der Waals surface area (Å²) in [7, 11) is 0. The van der Waals surface area contributed by atoms with Gasteiger partial charge in [-0.15, -0.1) is 0 Å². The Hall–Kier alpha value is -1.65. The molecule has 1 heterocycles. The molecule has 0 spiro atoms. The van der Waals surface area contributed by atoms with Crippen LogP contribution in [0.1, 0.15) is 12.5 Å². The molecular weight excluding hydrogens is 204 g/mol. The normalized spacial score (nSPS) is 17.1. The van der Waals surface area contributed by atoms with E-state index in [4.69, 9.17) is 4.74 Å². The molecule has 1 N–H and O–H groups in total. The fraction of sp³-hybridized carbons (Fsp3) is 0.300. The Labute approximate surface area is 85.0 Å². The summed E-state index contributed by atoms with van der Waals surface area (Å²) in [6.45, 7) is 2.10. The van der Waals surface area contributed by atoms with Crippen LogP contribution in [0, 0.1) is 0 Å². The molecule has 0 atom stereocenters. The fourth-order valence-corrected chi connectivity index (χ4v) is 1.51. The quantitative estimate of drug-likeness (QED) is 0.817. The summed E-state index contributed by atoms with van der Waals surface area (Å²) in [6, 6.07) is 4.21. The van der Waals surface area contributed by atoms with Crippen LogP contribution in [0.15, 0.2) is 18.2 Å². The van der Waals surface area contributed by atoms with Gasteiger partial charge in [0.25, 0.3) is 5.91 Å². The third-order valence-corrected chi connectivity index (χ3v) is 2.19. The number of nitrogens with one attached hydrogen (secondary N) is 1. The van der Waals surface area contributed by atoms with Crippen molar-refractivity contribution in [1.82, 2.24) is 0 Å². The minimum absolute atomic E-state index is 0.0781. The Morgan fingerprint density at radius 2 is 2.20 bits per heavy atom. The van der Waals surface area contributed by atoms with Crippen molar-refractivity contribution >= 4 is 11.6 Å². The standard InChI is InChI=1S/C10H9F2NO2/c1-2-15-7-5-3-4-6-8(7)13-9(14)10(6,11)12/h3-5H,2H2,1H3,(H,13,14). The van der Waals surface area contributed by atoms with E-state index >= 15 is 0 Å². The molecule has 15 heavy (non-hydrogen) atoms. The fourth-order valence-electron chi connectivity index (χ4n) is 1.51. The molecule has 0 radical (unpaired) electrons. The first-order valence-corrected chi connectivity index (χ1v) is 4.53. The van der Waals surface area contributed by atoms with Crippen LogP contribution >= 0.6 is 0 Å². The topological polar surface area (TPSA) is 38.3 Å². The second kappa shape index (κ2) is 3.18. The number of carbonyl (C=O) groups is 1. The third kappa shape index (κ3) is 1.35. The van der Waals surface area contributed by atoms with E-state index in [-0.39, 0.29) is 17.0 Å². The van der Waals surface area contributed by atoms with Gasteiger partial charge in [-0.05, 0) is 13.0 Å². The summed E-state index contributed by atoms with van der Waals surface area (Å²) in [5, 5.41) is 2.13. The van der Waals surface area contributed by atoms with Crippen molar-refractivity contribution in [2.75, 3.05) is 11.9 Å². The Balaban J connectivity index is 2.53. The first-order valence-electron chi connectivity index (χ1n) is 4.53. The molecule has 2 rings (SSSR count). The number of anilines is 1. The molecule has 0 fully saturated rings. The number of halogens is 2. The van der Waals surface area contributed by atoms with Gasteiger partial charge in [-0.25, -0.2) is 0 Å². The van der Waals surface area contributed by atoms with Crippen molar-refractivity contribution in [1.29, 1.82) is 0 Å². The zero-order valence-corrected chi connectivity index (χ0v) is 8.01. The number of alkyl halides is 2. The zero-order chi connectivity index (χ0) is 11.1. The third-order valence-electron chi connectivity index (χ3n) is 2.19. The number of rotatable bonds is 2. The summed E-state index contributed by atoms with van der Waals surface area (Å²) in [6.07, 6.45) is 0. The van der Waals surface area contributed by atoms with Gasteiger partial charge in [0.2, 0.25) is 0 Å². The van der Waals surface area contributed by atoms with Gasteiger partial charge in [0.05, 0.1) is 17.9 Å². The molecule has 1 aromatic rings. The second-order valence-electron chi connectivity index (χ2n) is 3.14. The Morgan fingerprint density at radius 3 is 2.87 bits per heavy atom. The molecule has 1 aromatic carbocycles. The maximum atomic E-state index is 13.3. The van der Waals surface area contributed by atoms with E-state index in [0.717, 1.165) is 0 Å². The van der Waals surface area contributed by atoms with Crippen molar-refractivity contribution in [2.24, 2.45) is 0 Å². The van der Waals surface area contributed by atoms with Crippen LogP contribution in [0.2, 0.25) is 0 Å². The lowest BCUT2D eigenvalue weighted by Gasteiger charge is -2.08. The molecule has 0 bridgehead atoms. The van der Waals surface area contributed by atoms with E-state index in [1.54, 1.807) is 13.0 Å². The number of ether oxygens (including phenoxy) is 1. The van der Waals surface area contributed by atoms with Gasteiger partial charge in [-0.1, -0.05) is 12.1 Å². The molecule has 5 heteroatoms. The molecule has 3 nitrogen and oxygen atoms in total. The minimum Gasteiger partial charge on any atom is -0.492 e. The summed E-state index contributed by atoms with van der Waals surface area (Å²) in [4.78, 5) is 11.0. The SMILES string of the molecule is CCOc1cccc2c1NC(=O)C2(F)F. The first-order chi connectivity index (χ1) is 7.07. The van der Waals surface area contributed by atoms with E-state index < -0.39 is 11.8 Å². The van der Waals surface area contributed by atoms with Crippen molar-refractivity contribution in [3.8, 4) is 5.75 Å². The van der Waals surface area contributed by atoms with Crippen LogP contribution in [-0.4, -0.2) is 12.5 Å². The van der Waals surface area contributed by atoms with Gasteiger partial charge in [0.1, 0.15) is 5.75 Å². The molecule has 0 saturated heterocycles. The Morgan fingerprint density at radius 1 is 1.47 bits per heavy atom. The maximum absolute atomic E-state index is 13.3. The van der Waals surface area contributed by atoms with Gasteiger partial charge in [-0.3, -0.25) is 4.79 Å². The number of benzene rings is 1. The monoisotopic (exact) mass is 213 g/mol. The highest BCUT2D eigenvalue weighted by Gasteiger charge is 2.49. The van der Waals surface area contributed by atoms with Crippen molar-refractivity contribution < 1.29 is 18.3 Å². The lowest BCUT2D eigenvalue weighted by atomic mass is 10.1. The number of amides is 1. The van der Waals surface area contributed by atoms with Gasteiger partial charge < -0.3 is 10.1 Å². The average molecular weight is 213 g/mol. The van der Waals surface area contributed by atoms with E-state index in [2.05, 4.69) is 5.32 Å². The summed E-state index contributed by atoms with van der Waals surface area (Å²) in [5.41, 5.74) is -0.243. The summed E-state index contributed by atoms with van der Waals surface area (Å²) in [5.74, 6) is -4.48. The van der Waals surface area contributed by atoms with Crippen molar-refractivity contribution in [2.45, 2.75) is 12.8 Å². The number of para-hydroxylation sites is 1. The number of carbonyl (C=O) groups excluding carboxylic acids is 1. The maximum Gasteiger partial charge on any atom is 0.352 e. The Kier molecular flexibility index (Phi) is 2.10. The average Bonchev–Trinajstić information content (AvgIpc) is 2.41. The van der Waals surface area contributed by atoms with Crippen molar-refractivity contribution in [3.63, 3.8) is 0 Å². The minimum atomic E-state index is -3.46. The van der Waals surface area contributed by atoms with Crippen LogP contribution < -0.4 is 10.1 Å². The van der Waals surface area contributed by atoms with Crippen molar-refractivity contribution in [3.05, 3.63) is 23.8 Å². The lowest BCUT2D eigenvalue weighted by molar-refractivity contribution is -0.139. The van der Waals surface area contributed by atoms with E-state index in [0.29, 0.717) is 6.61 Å². The molecule has 1 aliphatic heterocycles. The van der Waals surface area contributed by atoms with Crippen LogP contribution in [0.4, 0.5) is 14.5 Å². The molecule has 1 amide bonds. The lowest BCUT2D eigenvalue weighted by Crippen LogP contribution is -2.23. The molecular formula is C10H9F2NO2. The smallest absolute Gasteiger partial charge is 0.352 e. The predicted octanol–water partition coefficient (Wildman–Crippen LogP) is 2.13. The molecule has 80 valence electrons. The zero-order valence-electron chi connectivity index (χ0n) is 8.01. The molecule has 1 aliphatic rings. The summed E-state index contributed by atoms with van der Waals surface area (Å²) >= 11 is 0. The second-order valence-corrected chi connectivity index (χ2v) is 3.14. The van der Waals surface area contributed by atoms with Gasteiger partial charge in [0.15, 0.2) is 0 Å². The predicted molar refractivity (Wildman–Crippen MR) is 50.1 cm³/mol. The highest BCUT2D eigenvalue weighted by molar-refractivity contribution is 6.05. The van der Waals surface area contributed by atoms with E-state index in [1.807, 2.05) is 0 Å². The molecule has 0 aromatic heterocycles.